The summed E-state index contributed by atoms with van der Waals surface area (Å²) in [7, 11) is 3.12. The Hall–Kier alpha value is -3.00. The molecule has 0 bridgehead atoms. The molecule has 0 aliphatic carbocycles. The SMILES string of the molecule is COc1cccc(C=NNC(=O)CSc2nc3ccccc3[nH]2)c1OC. The molecule has 0 aliphatic heterocycles. The largest absolute Gasteiger partial charge is 0.493 e. The Balaban J connectivity index is 1.56. The number of benzene rings is 2. The van der Waals surface area contributed by atoms with E-state index in [-0.39, 0.29) is 11.7 Å². The van der Waals surface area contributed by atoms with Crippen molar-refractivity contribution in [1.82, 2.24) is 15.4 Å². The number of thioether (sulfide) groups is 1. The molecule has 26 heavy (non-hydrogen) atoms. The number of carbonyl (C=O) groups is 1. The third kappa shape index (κ3) is 4.15. The fourth-order valence-corrected chi connectivity index (χ4v) is 3.03. The van der Waals surface area contributed by atoms with Crippen LogP contribution < -0.4 is 14.9 Å². The van der Waals surface area contributed by atoms with Gasteiger partial charge in [-0.05, 0) is 24.3 Å². The van der Waals surface area contributed by atoms with Crippen LogP contribution in [0.1, 0.15) is 5.56 Å². The minimum Gasteiger partial charge on any atom is -0.493 e. The van der Waals surface area contributed by atoms with Gasteiger partial charge in [0.05, 0.1) is 37.2 Å². The Labute approximate surface area is 154 Å². The first-order valence-corrected chi connectivity index (χ1v) is 8.80. The van der Waals surface area contributed by atoms with Gasteiger partial charge in [0.1, 0.15) is 0 Å². The van der Waals surface area contributed by atoms with E-state index in [0.717, 1.165) is 11.0 Å². The fraction of sp³-hybridized carbons (Fsp3) is 0.167. The Morgan fingerprint density at radius 2 is 2.08 bits per heavy atom. The van der Waals surface area contributed by atoms with Crippen molar-refractivity contribution in [2.24, 2.45) is 5.10 Å². The maximum atomic E-state index is 12.0. The molecule has 0 radical (unpaired) electrons. The minimum absolute atomic E-state index is 0.201. The van der Waals surface area contributed by atoms with Crippen molar-refractivity contribution in [2.75, 3.05) is 20.0 Å². The van der Waals surface area contributed by atoms with Gasteiger partial charge in [0.15, 0.2) is 16.7 Å². The van der Waals surface area contributed by atoms with Gasteiger partial charge in [-0.1, -0.05) is 30.0 Å². The topological polar surface area (TPSA) is 88.6 Å². The maximum Gasteiger partial charge on any atom is 0.250 e. The number of carbonyl (C=O) groups excluding carboxylic acids is 1. The van der Waals surface area contributed by atoms with Crippen LogP contribution in [0.3, 0.4) is 0 Å². The quantitative estimate of drug-likeness (QED) is 0.379. The van der Waals surface area contributed by atoms with E-state index in [4.69, 9.17) is 9.47 Å². The van der Waals surface area contributed by atoms with Crippen LogP contribution in [0.2, 0.25) is 0 Å². The third-order valence-corrected chi connectivity index (χ3v) is 4.41. The first-order valence-electron chi connectivity index (χ1n) is 7.81. The van der Waals surface area contributed by atoms with E-state index in [2.05, 4.69) is 20.5 Å². The van der Waals surface area contributed by atoms with Gasteiger partial charge in [0, 0.05) is 5.56 Å². The van der Waals surface area contributed by atoms with Crippen molar-refractivity contribution in [3.05, 3.63) is 48.0 Å². The van der Waals surface area contributed by atoms with E-state index in [0.29, 0.717) is 22.2 Å². The molecule has 1 aromatic heterocycles. The summed E-state index contributed by atoms with van der Waals surface area (Å²) in [5, 5.41) is 4.67. The van der Waals surface area contributed by atoms with Crippen molar-refractivity contribution in [2.45, 2.75) is 5.16 Å². The molecule has 0 saturated heterocycles. The summed E-state index contributed by atoms with van der Waals surface area (Å²) >= 11 is 1.32. The molecular formula is C18H18N4O3S. The van der Waals surface area contributed by atoms with Crippen LogP contribution in [0.4, 0.5) is 0 Å². The third-order valence-electron chi connectivity index (χ3n) is 3.53. The van der Waals surface area contributed by atoms with Gasteiger partial charge in [0.2, 0.25) is 0 Å². The van der Waals surface area contributed by atoms with Crippen molar-refractivity contribution >= 4 is 34.9 Å². The summed E-state index contributed by atoms with van der Waals surface area (Å²) in [4.78, 5) is 19.5. The number of methoxy groups -OCH3 is 2. The van der Waals surface area contributed by atoms with Crippen LogP contribution in [-0.2, 0) is 4.79 Å². The van der Waals surface area contributed by atoms with E-state index >= 15 is 0 Å². The van der Waals surface area contributed by atoms with Gasteiger partial charge in [-0.25, -0.2) is 10.4 Å². The summed E-state index contributed by atoms with van der Waals surface area (Å²) in [6.45, 7) is 0. The normalized spacial score (nSPS) is 11.0. The molecule has 2 N–H and O–H groups in total. The van der Waals surface area contributed by atoms with Crippen LogP contribution in [0.5, 0.6) is 11.5 Å². The smallest absolute Gasteiger partial charge is 0.250 e. The number of hydrazone groups is 1. The van der Waals surface area contributed by atoms with Gasteiger partial charge >= 0.3 is 0 Å². The molecule has 1 amide bonds. The van der Waals surface area contributed by atoms with E-state index in [1.807, 2.05) is 36.4 Å². The van der Waals surface area contributed by atoms with Crippen molar-refractivity contribution in [3.63, 3.8) is 0 Å². The number of imidazole rings is 1. The highest BCUT2D eigenvalue weighted by Gasteiger charge is 2.08. The number of H-pyrrole nitrogens is 1. The van der Waals surface area contributed by atoms with Crippen molar-refractivity contribution in [3.8, 4) is 11.5 Å². The molecule has 3 rings (SSSR count). The van der Waals surface area contributed by atoms with Crippen LogP contribution in [0.25, 0.3) is 11.0 Å². The van der Waals surface area contributed by atoms with Crippen LogP contribution >= 0.6 is 11.8 Å². The number of para-hydroxylation sites is 3. The molecular weight excluding hydrogens is 352 g/mol. The minimum atomic E-state index is -0.228. The van der Waals surface area contributed by atoms with E-state index in [9.17, 15) is 4.79 Å². The lowest BCUT2D eigenvalue weighted by Gasteiger charge is -2.09. The lowest BCUT2D eigenvalue weighted by atomic mass is 10.2. The van der Waals surface area contributed by atoms with Gasteiger partial charge < -0.3 is 14.5 Å². The number of ether oxygens (including phenoxy) is 2. The summed E-state index contributed by atoms with van der Waals surface area (Å²) < 4.78 is 10.5. The molecule has 0 unspecified atom stereocenters. The van der Waals surface area contributed by atoms with Gasteiger partial charge in [-0.15, -0.1) is 0 Å². The second-order valence-corrected chi connectivity index (χ2v) is 6.19. The molecule has 134 valence electrons. The first-order chi connectivity index (χ1) is 12.7. The lowest BCUT2D eigenvalue weighted by Crippen LogP contribution is -2.19. The molecule has 0 saturated carbocycles. The van der Waals surface area contributed by atoms with Gasteiger partial charge in [-0.2, -0.15) is 5.10 Å². The number of nitrogens with zero attached hydrogens (tertiary/aromatic N) is 2. The summed E-state index contributed by atoms with van der Waals surface area (Å²) in [6.07, 6.45) is 1.52. The molecule has 8 heteroatoms. The van der Waals surface area contributed by atoms with Crippen LogP contribution in [0, 0.1) is 0 Å². The second-order valence-electron chi connectivity index (χ2n) is 5.22. The molecule has 0 fully saturated rings. The predicted molar refractivity (Wildman–Crippen MR) is 102 cm³/mol. The van der Waals surface area contributed by atoms with E-state index in [1.54, 1.807) is 20.3 Å². The number of amides is 1. The molecule has 2 aromatic carbocycles. The summed E-state index contributed by atoms with van der Waals surface area (Å²) in [5.74, 6) is 1.13. The number of hydrogen-bond donors (Lipinski definition) is 2. The van der Waals surface area contributed by atoms with E-state index in [1.165, 1.54) is 18.0 Å². The van der Waals surface area contributed by atoms with Gasteiger partial charge in [-0.3, -0.25) is 4.79 Å². The predicted octanol–water partition coefficient (Wildman–Crippen LogP) is 2.82. The molecule has 0 aliphatic rings. The highest BCUT2D eigenvalue weighted by Crippen LogP contribution is 2.29. The Bertz CT molecular complexity index is 906. The Kier molecular flexibility index (Phi) is 5.75. The number of aromatic nitrogens is 2. The molecule has 0 atom stereocenters. The summed E-state index contributed by atoms with van der Waals surface area (Å²) in [5.41, 5.74) is 5.02. The number of rotatable bonds is 7. The monoisotopic (exact) mass is 370 g/mol. The average molecular weight is 370 g/mol. The second kappa shape index (κ2) is 8.39. The number of hydrogen-bond acceptors (Lipinski definition) is 6. The highest BCUT2D eigenvalue weighted by atomic mass is 32.2. The Morgan fingerprint density at radius 1 is 1.23 bits per heavy atom. The number of aromatic amines is 1. The molecule has 0 spiro atoms. The zero-order valence-corrected chi connectivity index (χ0v) is 15.2. The van der Waals surface area contributed by atoms with E-state index < -0.39 is 0 Å². The van der Waals surface area contributed by atoms with Crippen molar-refractivity contribution < 1.29 is 14.3 Å². The number of nitrogens with one attached hydrogen (secondary N) is 2. The molecule has 3 aromatic rings. The average Bonchev–Trinajstić information content (AvgIpc) is 3.09. The highest BCUT2D eigenvalue weighted by molar-refractivity contribution is 7.99. The zero-order chi connectivity index (χ0) is 18.4. The van der Waals surface area contributed by atoms with Gasteiger partial charge in [0.25, 0.3) is 5.91 Å². The van der Waals surface area contributed by atoms with Crippen molar-refractivity contribution in [1.29, 1.82) is 0 Å². The zero-order valence-electron chi connectivity index (χ0n) is 14.4. The Morgan fingerprint density at radius 3 is 2.85 bits per heavy atom. The fourth-order valence-electron chi connectivity index (χ4n) is 2.35. The molecule has 7 nitrogen and oxygen atoms in total. The number of fused-ring (bicyclic) bond motifs is 1. The standard InChI is InChI=1S/C18H18N4O3S/c1-24-15-9-5-6-12(17(15)25-2)10-19-22-16(23)11-26-18-20-13-7-3-4-8-14(13)21-18/h3-10H,11H2,1-2H3,(H,20,21)(H,22,23). The first kappa shape index (κ1) is 17.8. The molecule has 1 heterocycles. The maximum absolute atomic E-state index is 12.0. The van der Waals surface area contributed by atoms with Crippen LogP contribution in [0.15, 0.2) is 52.7 Å². The van der Waals surface area contributed by atoms with Crippen LogP contribution in [-0.4, -0.2) is 42.1 Å². The lowest BCUT2D eigenvalue weighted by molar-refractivity contribution is -0.118. The summed E-state index contributed by atoms with van der Waals surface area (Å²) in [6, 6.07) is 13.1.